The van der Waals surface area contributed by atoms with E-state index in [1.807, 2.05) is 0 Å². The molecule has 3 heteroatoms. The second-order valence-corrected chi connectivity index (χ2v) is 1.03. The number of hydrogen-bond donors (Lipinski definition) is 1. The van der Waals surface area contributed by atoms with Crippen LogP contribution in [-0.2, 0) is 0 Å². The zero-order valence-corrected chi connectivity index (χ0v) is 3.55. The summed E-state index contributed by atoms with van der Waals surface area (Å²) >= 11 is 0. The largest absolute Gasteiger partial charge is 0.257 e. The van der Waals surface area contributed by atoms with E-state index in [1.54, 1.807) is 0 Å². The van der Waals surface area contributed by atoms with Crippen LogP contribution in [0.1, 0.15) is 0 Å². The van der Waals surface area contributed by atoms with Gasteiger partial charge >= 0.3 is 0 Å². The summed E-state index contributed by atoms with van der Waals surface area (Å²) in [6.45, 7) is 0. The molecule has 0 atom stereocenters. The Morgan fingerprint density at radius 3 is 2.86 bits per heavy atom. The molecule has 0 aromatic carbocycles. The predicted octanol–water partition coefficient (Wildman–Crippen LogP) is 0.231. The second kappa shape index (κ2) is 1.49. The fraction of sp³-hybridized carbons (Fsp3) is 0. The molecule has 0 aromatic rings. The average Bonchev–Trinajstić information content (AvgIpc) is 2.14. The third-order valence-electron chi connectivity index (χ3n) is 0.588. The van der Waals surface area contributed by atoms with Crippen LogP contribution in [0.5, 0.6) is 0 Å². The molecule has 0 unspecified atom stereocenters. The molecule has 0 aromatic heterocycles. The average molecular weight is 93.1 g/mol. The van der Waals surface area contributed by atoms with Crippen LogP contribution in [0.2, 0.25) is 0 Å². The lowest BCUT2D eigenvalue weighted by Gasteiger charge is -1.67. The maximum absolute atomic E-state index is 6.51. The number of aliphatic imine (C=N–C) groups is 2. The van der Waals surface area contributed by atoms with Gasteiger partial charge in [0.15, 0.2) is 0 Å². The van der Waals surface area contributed by atoms with E-state index in [-0.39, 0.29) is 0 Å². The van der Waals surface area contributed by atoms with E-state index < -0.39 is 0 Å². The Labute approximate surface area is 40.6 Å². The summed E-state index contributed by atoms with van der Waals surface area (Å²) in [5, 5.41) is 6.51. The van der Waals surface area contributed by atoms with Crippen molar-refractivity contribution in [2.75, 3.05) is 0 Å². The van der Waals surface area contributed by atoms with Crippen molar-refractivity contribution in [2.24, 2.45) is 9.98 Å². The van der Waals surface area contributed by atoms with E-state index in [0.29, 0.717) is 5.70 Å². The topological polar surface area (TPSA) is 48.6 Å². The summed E-state index contributed by atoms with van der Waals surface area (Å²) in [7, 11) is 0. The molecule has 0 fully saturated rings. The molecule has 0 amide bonds. The molecular weight excluding hydrogens is 90.1 g/mol. The standard InChI is InChI=1S/C4H3N3/c5-1-4-2-6-3-7-4/h2-3,5H. The van der Waals surface area contributed by atoms with Gasteiger partial charge in [0, 0.05) is 5.87 Å². The normalized spacial score (nSPS) is 15.1. The Morgan fingerprint density at radius 1 is 1.71 bits per heavy atom. The van der Waals surface area contributed by atoms with E-state index in [9.17, 15) is 0 Å². The molecule has 34 valence electrons. The van der Waals surface area contributed by atoms with Crippen molar-refractivity contribution >= 4 is 18.4 Å². The third-order valence-corrected chi connectivity index (χ3v) is 0.588. The van der Waals surface area contributed by atoms with Crippen molar-refractivity contribution in [3.8, 4) is 0 Å². The molecule has 3 nitrogen and oxygen atoms in total. The molecule has 0 radical (unpaired) electrons. The van der Waals surface area contributed by atoms with Crippen molar-refractivity contribution in [2.45, 2.75) is 0 Å². The van der Waals surface area contributed by atoms with Crippen LogP contribution in [0.15, 0.2) is 15.7 Å². The number of nitrogens with zero attached hydrogens (tertiary/aromatic N) is 2. The molecule has 0 aliphatic carbocycles. The van der Waals surface area contributed by atoms with Crippen LogP contribution in [0, 0.1) is 5.41 Å². The van der Waals surface area contributed by atoms with Crippen molar-refractivity contribution in [1.82, 2.24) is 0 Å². The Balaban J connectivity index is 3.00. The fourth-order valence-electron chi connectivity index (χ4n) is 0.297. The maximum atomic E-state index is 6.51. The molecule has 1 aliphatic heterocycles. The number of rotatable bonds is 0. The summed E-state index contributed by atoms with van der Waals surface area (Å²) < 4.78 is 0. The van der Waals surface area contributed by atoms with Gasteiger partial charge in [0.25, 0.3) is 0 Å². The SMILES string of the molecule is N=C=C1C=NC=N1. The van der Waals surface area contributed by atoms with Gasteiger partial charge in [-0.2, -0.15) is 0 Å². The van der Waals surface area contributed by atoms with Crippen molar-refractivity contribution in [3.63, 3.8) is 0 Å². The summed E-state index contributed by atoms with van der Waals surface area (Å²) in [4.78, 5) is 7.22. The Hall–Kier alpha value is -1.21. The van der Waals surface area contributed by atoms with Crippen LogP contribution < -0.4 is 0 Å². The quantitative estimate of drug-likeness (QED) is 0.417. The van der Waals surface area contributed by atoms with Crippen LogP contribution in [-0.4, -0.2) is 18.4 Å². The molecule has 1 N–H and O–H groups in total. The van der Waals surface area contributed by atoms with Gasteiger partial charge in [-0.1, -0.05) is 0 Å². The monoisotopic (exact) mass is 93.0 g/mol. The molecular formula is C4H3N3. The first-order valence-corrected chi connectivity index (χ1v) is 1.79. The van der Waals surface area contributed by atoms with Gasteiger partial charge in [-0.25, -0.2) is 9.98 Å². The highest BCUT2D eigenvalue weighted by molar-refractivity contribution is 5.98. The van der Waals surface area contributed by atoms with E-state index in [0.717, 1.165) is 0 Å². The summed E-state index contributed by atoms with van der Waals surface area (Å²) in [6.07, 6.45) is 2.86. The van der Waals surface area contributed by atoms with E-state index in [1.165, 1.54) is 12.6 Å². The Kier molecular flexibility index (Phi) is 0.845. The summed E-state index contributed by atoms with van der Waals surface area (Å²) in [5.41, 5.74) is 0.486. The van der Waals surface area contributed by atoms with E-state index >= 15 is 0 Å². The van der Waals surface area contributed by atoms with E-state index in [2.05, 4.69) is 15.9 Å². The van der Waals surface area contributed by atoms with Gasteiger partial charge in [0.05, 0.1) is 6.21 Å². The van der Waals surface area contributed by atoms with Crippen molar-refractivity contribution < 1.29 is 0 Å². The van der Waals surface area contributed by atoms with Gasteiger partial charge < -0.3 is 0 Å². The van der Waals surface area contributed by atoms with Gasteiger partial charge in [-0.3, -0.25) is 5.41 Å². The molecule has 0 saturated carbocycles. The van der Waals surface area contributed by atoms with Crippen LogP contribution >= 0.6 is 0 Å². The summed E-state index contributed by atoms with van der Waals surface area (Å²) in [6, 6.07) is 0. The first kappa shape index (κ1) is 3.96. The van der Waals surface area contributed by atoms with Crippen LogP contribution in [0.4, 0.5) is 0 Å². The van der Waals surface area contributed by atoms with Gasteiger partial charge in [0.1, 0.15) is 12.0 Å². The lowest BCUT2D eigenvalue weighted by Crippen LogP contribution is -1.69. The highest BCUT2D eigenvalue weighted by Gasteiger charge is 1.88. The lowest BCUT2D eigenvalue weighted by molar-refractivity contribution is 1.52. The third kappa shape index (κ3) is 0.614. The van der Waals surface area contributed by atoms with E-state index in [4.69, 9.17) is 5.41 Å². The zero-order chi connectivity index (χ0) is 5.11. The van der Waals surface area contributed by atoms with Gasteiger partial charge in [-0.05, 0) is 0 Å². The van der Waals surface area contributed by atoms with Gasteiger partial charge in [0.2, 0.25) is 0 Å². The van der Waals surface area contributed by atoms with Gasteiger partial charge in [-0.15, -0.1) is 0 Å². The maximum Gasteiger partial charge on any atom is 0.143 e. The smallest absolute Gasteiger partial charge is 0.143 e. The Morgan fingerprint density at radius 2 is 2.57 bits per heavy atom. The molecule has 1 rings (SSSR count). The van der Waals surface area contributed by atoms with Crippen molar-refractivity contribution in [1.29, 1.82) is 5.41 Å². The van der Waals surface area contributed by atoms with Crippen LogP contribution in [0.25, 0.3) is 0 Å². The molecule has 0 saturated heterocycles. The Bertz CT molecular complexity index is 157. The molecule has 1 heterocycles. The molecule has 0 bridgehead atoms. The molecule has 0 spiro atoms. The molecule has 7 heavy (non-hydrogen) atoms. The second-order valence-electron chi connectivity index (χ2n) is 1.03. The lowest BCUT2D eigenvalue weighted by atomic mass is 10.6. The minimum absolute atomic E-state index is 0.486. The summed E-state index contributed by atoms with van der Waals surface area (Å²) in [5.74, 6) is 2.08. The fourth-order valence-corrected chi connectivity index (χ4v) is 0.297. The predicted molar refractivity (Wildman–Crippen MR) is 28.2 cm³/mol. The number of nitrogens with one attached hydrogen (secondary N) is 1. The molecule has 1 aliphatic rings. The minimum Gasteiger partial charge on any atom is -0.257 e. The highest BCUT2D eigenvalue weighted by atomic mass is 14.9. The number of hydrogen-bond acceptors (Lipinski definition) is 3. The highest BCUT2D eigenvalue weighted by Crippen LogP contribution is 1.89. The first-order chi connectivity index (χ1) is 3.43. The number of allylic oxidation sites excluding steroid dienone is 1. The van der Waals surface area contributed by atoms with Crippen molar-refractivity contribution in [3.05, 3.63) is 5.70 Å². The minimum atomic E-state index is 0.486. The zero-order valence-electron chi connectivity index (χ0n) is 3.55. The first-order valence-electron chi connectivity index (χ1n) is 1.79. The van der Waals surface area contributed by atoms with Crippen LogP contribution in [0.3, 0.4) is 0 Å².